The molecule has 5 heteroatoms. The zero-order valence-electron chi connectivity index (χ0n) is 48.0. The summed E-state index contributed by atoms with van der Waals surface area (Å²) in [5.74, 6) is 0. The van der Waals surface area contributed by atoms with E-state index in [1.54, 1.807) is 0 Å². The van der Waals surface area contributed by atoms with Crippen LogP contribution in [0.1, 0.15) is 105 Å². The van der Waals surface area contributed by atoms with Crippen molar-refractivity contribution in [3.63, 3.8) is 0 Å². The van der Waals surface area contributed by atoms with E-state index >= 15 is 0 Å². The first-order valence-electron chi connectivity index (χ1n) is 28.3. The molecule has 13 rings (SSSR count). The van der Waals surface area contributed by atoms with Gasteiger partial charge in [0, 0.05) is 56.3 Å². The van der Waals surface area contributed by atoms with Crippen molar-refractivity contribution in [2.24, 2.45) is 0 Å². The lowest BCUT2D eigenvalue weighted by Gasteiger charge is -2.47. The molecule has 0 radical (unpaired) electrons. The summed E-state index contributed by atoms with van der Waals surface area (Å²) in [6.45, 7) is 27.4. The van der Waals surface area contributed by atoms with Gasteiger partial charge in [-0.05, 0) is 162 Å². The van der Waals surface area contributed by atoms with Crippen molar-refractivity contribution < 1.29 is 4.42 Å². The molecule has 4 nitrogen and oxygen atoms in total. The largest absolute Gasteiger partial charge is 0.456 e. The highest BCUT2D eigenvalue weighted by Crippen LogP contribution is 2.54. The van der Waals surface area contributed by atoms with Crippen LogP contribution < -0.4 is 25.5 Å². The second-order valence-electron chi connectivity index (χ2n) is 26.3. The molecular formula is C74H70BN3O. The molecule has 0 N–H and O–H groups in total. The molecule has 0 fully saturated rings. The Hall–Kier alpha value is -8.28. The van der Waals surface area contributed by atoms with E-state index in [4.69, 9.17) is 4.42 Å². The lowest BCUT2D eigenvalue weighted by molar-refractivity contribution is 0.590. The van der Waals surface area contributed by atoms with E-state index in [1.807, 2.05) is 0 Å². The van der Waals surface area contributed by atoms with Crippen molar-refractivity contribution in [1.29, 1.82) is 0 Å². The summed E-state index contributed by atoms with van der Waals surface area (Å²) < 4.78 is 6.82. The average molecular weight is 1030 g/mol. The maximum absolute atomic E-state index is 6.82. The number of anilines is 8. The molecular weight excluding hydrogens is 958 g/mol. The average Bonchev–Trinajstić information content (AvgIpc) is 4.05. The van der Waals surface area contributed by atoms with Crippen molar-refractivity contribution in [3.05, 3.63) is 229 Å². The van der Waals surface area contributed by atoms with E-state index < -0.39 is 0 Å². The monoisotopic (exact) mass is 1030 g/mol. The Balaban J connectivity index is 1.17. The zero-order valence-corrected chi connectivity index (χ0v) is 48.0. The van der Waals surface area contributed by atoms with Crippen LogP contribution in [0.25, 0.3) is 55.0 Å². The van der Waals surface area contributed by atoms with Crippen LogP contribution in [-0.2, 0) is 21.7 Å². The standard InChI is InChI=1S/C74H70BN3O/c1-71(2,3)49-26-33-53(34-27-49)76(54-35-28-50(29-36-54)72(4,5)6)56-39-41-61-63(46-56)77(62-42-32-52(74(10,11)12)45-60(62)47-20-14-13-15-21-47)64-44-48-22-16-17-23-57(48)67-59-40-43-66-68(58-24-18-19-25-65(58)79-66)70(59)78(75(61)69(64)67)55-37-30-51(31-38-55)73(7,8)9/h13-46H,1-12H3. The van der Waals surface area contributed by atoms with E-state index in [1.165, 1.54) is 71.9 Å². The number of hydrogen-bond acceptors (Lipinski definition) is 4. The van der Waals surface area contributed by atoms with Crippen LogP contribution in [0.15, 0.2) is 211 Å². The number of nitrogens with zero attached hydrogens (tertiary/aromatic N) is 3. The lowest BCUT2D eigenvalue weighted by Crippen LogP contribution is -2.61. The molecule has 0 unspecified atom stereocenters. The molecule has 2 aliphatic rings. The molecule has 0 aliphatic carbocycles. The summed E-state index contributed by atoms with van der Waals surface area (Å²) in [4.78, 5) is 7.74. The van der Waals surface area contributed by atoms with Gasteiger partial charge in [0.2, 0.25) is 0 Å². The Morgan fingerprint density at radius 1 is 0.405 bits per heavy atom. The summed E-state index contributed by atoms with van der Waals surface area (Å²) in [5, 5.41) is 4.66. The highest BCUT2D eigenvalue weighted by Gasteiger charge is 2.47. The van der Waals surface area contributed by atoms with Crippen LogP contribution in [0.3, 0.4) is 0 Å². The van der Waals surface area contributed by atoms with Crippen molar-refractivity contribution in [3.8, 4) is 22.3 Å². The van der Waals surface area contributed by atoms with Crippen molar-refractivity contribution in [2.45, 2.75) is 105 Å². The van der Waals surface area contributed by atoms with Gasteiger partial charge in [0.15, 0.2) is 0 Å². The SMILES string of the molecule is CC(C)(C)c1ccc(N2B3c4ccc(N(c5ccc(C(C)(C)C)cc5)c5ccc(C(C)(C)C)cc5)cc4N(c4ccc(C(C)(C)C)cc4-c4ccccc4)c4cc5ccccc5c(c43)-c3ccc4oc5ccccc5c4c32)cc1. The number of furan rings is 1. The van der Waals surface area contributed by atoms with Crippen molar-refractivity contribution >= 4 is 96.0 Å². The molecule has 11 aromatic rings. The smallest absolute Gasteiger partial charge is 0.333 e. The van der Waals surface area contributed by atoms with E-state index in [9.17, 15) is 0 Å². The number of fused-ring (bicyclic) bond motifs is 10. The van der Waals surface area contributed by atoms with Gasteiger partial charge < -0.3 is 19.0 Å². The van der Waals surface area contributed by atoms with E-state index in [0.29, 0.717) is 0 Å². The van der Waals surface area contributed by atoms with Gasteiger partial charge in [-0.3, -0.25) is 0 Å². The first-order chi connectivity index (χ1) is 37.7. The van der Waals surface area contributed by atoms with Crippen LogP contribution in [0, 0.1) is 0 Å². The van der Waals surface area contributed by atoms with Gasteiger partial charge in [-0.15, -0.1) is 0 Å². The second-order valence-corrected chi connectivity index (χ2v) is 26.3. The molecule has 0 bridgehead atoms. The maximum Gasteiger partial charge on any atom is 0.333 e. The first kappa shape index (κ1) is 50.2. The minimum atomic E-state index is -0.248. The molecule has 0 saturated heterocycles. The van der Waals surface area contributed by atoms with E-state index in [-0.39, 0.29) is 28.5 Å². The predicted octanol–water partition coefficient (Wildman–Crippen LogP) is 19.8. The lowest BCUT2D eigenvalue weighted by atomic mass is 9.43. The Bertz CT molecular complexity index is 4110. The minimum Gasteiger partial charge on any atom is -0.456 e. The Labute approximate surface area is 468 Å². The second kappa shape index (κ2) is 18.1. The van der Waals surface area contributed by atoms with Gasteiger partial charge >= 0.3 is 6.85 Å². The minimum absolute atomic E-state index is 0.00529. The fourth-order valence-electron chi connectivity index (χ4n) is 12.5. The summed E-state index contributed by atoms with van der Waals surface area (Å²) in [6, 6.07) is 78.1. The van der Waals surface area contributed by atoms with Crippen molar-refractivity contribution in [1.82, 2.24) is 0 Å². The van der Waals surface area contributed by atoms with Gasteiger partial charge in [-0.25, -0.2) is 0 Å². The third-order valence-electron chi connectivity index (χ3n) is 16.9. The Morgan fingerprint density at radius 3 is 1.57 bits per heavy atom. The third kappa shape index (κ3) is 8.43. The summed E-state index contributed by atoms with van der Waals surface area (Å²) >= 11 is 0. The van der Waals surface area contributed by atoms with Gasteiger partial charge in [-0.2, -0.15) is 0 Å². The summed E-state index contributed by atoms with van der Waals surface area (Å²) in [6.07, 6.45) is 0. The zero-order chi connectivity index (χ0) is 54.9. The summed E-state index contributed by atoms with van der Waals surface area (Å²) in [7, 11) is 0. The molecule has 0 spiro atoms. The van der Waals surface area contributed by atoms with Crippen molar-refractivity contribution in [2.75, 3.05) is 14.6 Å². The Morgan fingerprint density at radius 2 is 0.949 bits per heavy atom. The molecule has 3 heterocycles. The normalized spacial score (nSPS) is 13.5. The van der Waals surface area contributed by atoms with Crippen LogP contribution in [0.4, 0.5) is 45.5 Å². The molecule has 79 heavy (non-hydrogen) atoms. The van der Waals surface area contributed by atoms with E-state index in [0.717, 1.165) is 61.8 Å². The molecule has 0 amide bonds. The number of para-hydroxylation sites is 1. The van der Waals surface area contributed by atoms with Crippen LogP contribution in [0.2, 0.25) is 0 Å². The highest BCUT2D eigenvalue weighted by atomic mass is 16.3. The molecule has 0 atom stereocenters. The van der Waals surface area contributed by atoms with Gasteiger partial charge in [0.25, 0.3) is 0 Å². The molecule has 390 valence electrons. The fourth-order valence-corrected chi connectivity index (χ4v) is 12.5. The molecule has 0 saturated carbocycles. The van der Waals surface area contributed by atoms with Gasteiger partial charge in [0.1, 0.15) is 11.2 Å². The van der Waals surface area contributed by atoms with Crippen LogP contribution in [-0.4, -0.2) is 6.85 Å². The topological polar surface area (TPSA) is 22.9 Å². The van der Waals surface area contributed by atoms with E-state index in [2.05, 4.69) is 304 Å². The third-order valence-corrected chi connectivity index (χ3v) is 16.9. The molecule has 10 aromatic carbocycles. The first-order valence-corrected chi connectivity index (χ1v) is 28.3. The predicted molar refractivity (Wildman–Crippen MR) is 340 cm³/mol. The van der Waals surface area contributed by atoms with Crippen LogP contribution >= 0.6 is 0 Å². The maximum atomic E-state index is 6.82. The molecule has 1 aromatic heterocycles. The summed E-state index contributed by atoms with van der Waals surface area (Å²) in [5.41, 5.74) is 23.2. The van der Waals surface area contributed by atoms with Crippen LogP contribution in [0.5, 0.6) is 0 Å². The van der Waals surface area contributed by atoms with Gasteiger partial charge in [0.05, 0.1) is 11.1 Å². The quantitative estimate of drug-likeness (QED) is 0.155. The van der Waals surface area contributed by atoms with Gasteiger partial charge in [-0.1, -0.05) is 204 Å². The fraction of sp³-hybridized carbons (Fsp3) is 0.216. The Kier molecular flexibility index (Phi) is 11.5. The number of benzene rings is 10. The highest BCUT2D eigenvalue weighted by molar-refractivity contribution is 6.94. The molecule has 2 aliphatic heterocycles. The number of rotatable bonds is 6. The number of hydrogen-bond donors (Lipinski definition) is 0.